The van der Waals surface area contributed by atoms with Crippen LogP contribution in [0.3, 0.4) is 0 Å². The van der Waals surface area contributed by atoms with Crippen LogP contribution in [0, 0.1) is 10.8 Å². The molecular formula is C19H33N3O. The summed E-state index contributed by atoms with van der Waals surface area (Å²) >= 11 is 0. The van der Waals surface area contributed by atoms with Crippen molar-refractivity contribution in [3.8, 4) is 0 Å². The highest BCUT2D eigenvalue weighted by Crippen LogP contribution is 2.43. The Morgan fingerprint density at radius 3 is 2.17 bits per heavy atom. The maximum Gasteiger partial charge on any atom is 0.219 e. The van der Waals surface area contributed by atoms with Crippen molar-refractivity contribution in [3.05, 3.63) is 11.3 Å². The first kappa shape index (κ1) is 18.0. The van der Waals surface area contributed by atoms with Gasteiger partial charge in [0.15, 0.2) is 0 Å². The number of hydrogen-bond acceptors (Lipinski definition) is 3. The van der Waals surface area contributed by atoms with E-state index in [4.69, 9.17) is 4.99 Å². The number of likely N-dealkylation sites (N-methyl/N-ethyl adjacent to an activating group) is 1. The van der Waals surface area contributed by atoms with Gasteiger partial charge < -0.3 is 9.80 Å². The summed E-state index contributed by atoms with van der Waals surface area (Å²) in [7, 11) is 1.92. The molecule has 4 nitrogen and oxygen atoms in total. The number of amidine groups is 1. The summed E-state index contributed by atoms with van der Waals surface area (Å²) in [6.07, 6.45) is 0.933. The minimum absolute atomic E-state index is 0.00656. The van der Waals surface area contributed by atoms with Crippen LogP contribution in [0.5, 0.6) is 0 Å². The van der Waals surface area contributed by atoms with Gasteiger partial charge in [-0.3, -0.25) is 9.79 Å². The van der Waals surface area contributed by atoms with Gasteiger partial charge in [-0.25, -0.2) is 0 Å². The Hall–Kier alpha value is -1.32. The van der Waals surface area contributed by atoms with Crippen molar-refractivity contribution in [2.45, 2.75) is 73.9 Å². The fourth-order valence-electron chi connectivity index (χ4n) is 3.92. The summed E-state index contributed by atoms with van der Waals surface area (Å²) in [4.78, 5) is 21.2. The molecule has 0 radical (unpaired) electrons. The van der Waals surface area contributed by atoms with Crippen molar-refractivity contribution in [1.29, 1.82) is 0 Å². The van der Waals surface area contributed by atoms with Crippen molar-refractivity contribution in [3.63, 3.8) is 0 Å². The molecule has 0 N–H and O–H groups in total. The van der Waals surface area contributed by atoms with Crippen LogP contribution in [0.25, 0.3) is 0 Å². The molecule has 1 fully saturated rings. The lowest BCUT2D eigenvalue weighted by atomic mass is 9.79. The average Bonchev–Trinajstić information content (AvgIpc) is 2.77. The lowest BCUT2D eigenvalue weighted by Gasteiger charge is -2.41. The third-order valence-corrected chi connectivity index (χ3v) is 4.97. The van der Waals surface area contributed by atoms with Gasteiger partial charge in [0.1, 0.15) is 5.84 Å². The van der Waals surface area contributed by atoms with Crippen molar-refractivity contribution < 1.29 is 4.79 Å². The van der Waals surface area contributed by atoms with Gasteiger partial charge in [-0.15, -0.1) is 0 Å². The fraction of sp³-hybridized carbons (Fsp3) is 0.789. The van der Waals surface area contributed by atoms with Crippen LogP contribution >= 0.6 is 0 Å². The van der Waals surface area contributed by atoms with Crippen molar-refractivity contribution >= 4 is 11.7 Å². The quantitative estimate of drug-likeness (QED) is 0.739. The number of fused-ring (bicyclic) bond motifs is 1. The highest BCUT2D eigenvalue weighted by Gasteiger charge is 2.43. The van der Waals surface area contributed by atoms with Crippen LogP contribution in [-0.4, -0.2) is 47.2 Å². The number of aliphatic imine (C=N–C) groups is 1. The normalized spacial score (nSPS) is 25.4. The number of hydrogen-bond donors (Lipinski definition) is 0. The second-order valence-electron chi connectivity index (χ2n) is 9.09. The average molecular weight is 319 g/mol. The summed E-state index contributed by atoms with van der Waals surface area (Å²) in [6.45, 7) is 18.2. The van der Waals surface area contributed by atoms with E-state index in [2.05, 4.69) is 53.4 Å². The van der Waals surface area contributed by atoms with E-state index < -0.39 is 0 Å². The van der Waals surface area contributed by atoms with Crippen molar-refractivity contribution in [1.82, 2.24) is 9.80 Å². The number of amides is 1. The van der Waals surface area contributed by atoms with E-state index in [1.807, 2.05) is 11.9 Å². The predicted molar refractivity (Wildman–Crippen MR) is 96.4 cm³/mol. The van der Waals surface area contributed by atoms with Gasteiger partial charge in [0.2, 0.25) is 5.91 Å². The third kappa shape index (κ3) is 3.31. The molecule has 2 rings (SSSR count). The first-order valence-electron chi connectivity index (χ1n) is 8.66. The molecule has 2 aliphatic heterocycles. The molecule has 0 aliphatic carbocycles. The van der Waals surface area contributed by atoms with Crippen molar-refractivity contribution in [2.75, 3.05) is 13.6 Å². The SMILES string of the molecule is CC(=O)N(C)[C@H]1CC2=C(C(C)(C)C)[C@H](C)N=C(C(C)(C)C)N2C1. The minimum atomic E-state index is 0.00656. The van der Waals surface area contributed by atoms with E-state index in [-0.39, 0.29) is 28.8 Å². The zero-order chi connectivity index (χ0) is 17.7. The van der Waals surface area contributed by atoms with Gasteiger partial charge in [-0.05, 0) is 17.9 Å². The van der Waals surface area contributed by atoms with Crippen LogP contribution in [0.4, 0.5) is 0 Å². The van der Waals surface area contributed by atoms with Gasteiger partial charge in [0, 0.05) is 38.0 Å². The van der Waals surface area contributed by atoms with E-state index in [1.54, 1.807) is 6.92 Å². The van der Waals surface area contributed by atoms with Gasteiger partial charge >= 0.3 is 0 Å². The van der Waals surface area contributed by atoms with E-state index in [9.17, 15) is 4.79 Å². The van der Waals surface area contributed by atoms with Crippen LogP contribution < -0.4 is 0 Å². The van der Waals surface area contributed by atoms with E-state index in [1.165, 1.54) is 11.3 Å². The van der Waals surface area contributed by atoms with Gasteiger partial charge in [-0.2, -0.15) is 0 Å². The maximum absolute atomic E-state index is 11.8. The number of carbonyl (C=O) groups excluding carboxylic acids is 1. The molecule has 4 heteroatoms. The molecule has 0 aromatic rings. The molecule has 130 valence electrons. The molecule has 2 atom stereocenters. The Bertz CT molecular complexity index is 560. The highest BCUT2D eigenvalue weighted by atomic mass is 16.2. The van der Waals surface area contributed by atoms with Crippen LogP contribution in [-0.2, 0) is 4.79 Å². The van der Waals surface area contributed by atoms with Crippen LogP contribution in [0.1, 0.15) is 61.8 Å². The molecule has 0 unspecified atom stereocenters. The van der Waals surface area contributed by atoms with Crippen LogP contribution in [0.2, 0.25) is 0 Å². The number of carbonyl (C=O) groups is 1. The minimum Gasteiger partial charge on any atom is -0.341 e. The summed E-state index contributed by atoms with van der Waals surface area (Å²) in [6, 6.07) is 0.439. The first-order chi connectivity index (χ1) is 10.3. The molecule has 0 saturated carbocycles. The maximum atomic E-state index is 11.8. The van der Waals surface area contributed by atoms with E-state index in [0.29, 0.717) is 0 Å². The van der Waals surface area contributed by atoms with Gasteiger partial charge in [-0.1, -0.05) is 41.5 Å². The molecule has 0 aromatic carbocycles. The lowest BCUT2D eigenvalue weighted by molar-refractivity contribution is -0.129. The highest BCUT2D eigenvalue weighted by molar-refractivity contribution is 5.90. The second-order valence-corrected chi connectivity index (χ2v) is 9.09. The van der Waals surface area contributed by atoms with Gasteiger partial charge in [0.05, 0.1) is 12.1 Å². The zero-order valence-corrected chi connectivity index (χ0v) is 16.3. The molecule has 1 saturated heterocycles. The van der Waals surface area contributed by atoms with E-state index in [0.717, 1.165) is 18.8 Å². The monoisotopic (exact) mass is 319 g/mol. The largest absolute Gasteiger partial charge is 0.341 e. The van der Waals surface area contributed by atoms with Crippen LogP contribution in [0.15, 0.2) is 16.3 Å². The zero-order valence-electron chi connectivity index (χ0n) is 16.3. The Kier molecular flexibility index (Phi) is 4.42. The molecule has 23 heavy (non-hydrogen) atoms. The fourth-order valence-corrected chi connectivity index (χ4v) is 3.92. The summed E-state index contributed by atoms with van der Waals surface area (Å²) in [5, 5.41) is 0. The molecule has 0 spiro atoms. The molecule has 0 bridgehead atoms. The number of rotatable bonds is 1. The molecule has 0 aromatic heterocycles. The second kappa shape index (κ2) is 5.64. The summed E-state index contributed by atoms with van der Waals surface area (Å²) < 4.78 is 0. The molecule has 1 amide bonds. The number of nitrogens with zero attached hydrogens (tertiary/aromatic N) is 3. The van der Waals surface area contributed by atoms with Gasteiger partial charge in [0.25, 0.3) is 0 Å². The smallest absolute Gasteiger partial charge is 0.219 e. The lowest BCUT2D eigenvalue weighted by Crippen LogP contribution is -2.45. The molecule has 2 heterocycles. The molecule has 2 aliphatic rings. The Morgan fingerprint density at radius 1 is 1.17 bits per heavy atom. The first-order valence-corrected chi connectivity index (χ1v) is 8.66. The Morgan fingerprint density at radius 2 is 1.74 bits per heavy atom. The third-order valence-electron chi connectivity index (χ3n) is 4.97. The summed E-state index contributed by atoms with van der Waals surface area (Å²) in [5.41, 5.74) is 2.91. The predicted octanol–water partition coefficient (Wildman–Crippen LogP) is 3.69. The standard InChI is InChI=1S/C19H33N3O/c1-12-16(18(3,4)5)15-10-14(21(9)13(2)23)11-22(15)17(20-12)19(6,7)8/h12,14H,10-11H2,1-9H3/t12-,14-/m0/s1. The Labute approximate surface area is 141 Å². The topological polar surface area (TPSA) is 35.9 Å². The van der Waals surface area contributed by atoms with Crippen molar-refractivity contribution in [2.24, 2.45) is 15.8 Å². The molecular weight excluding hydrogens is 286 g/mol. The summed E-state index contributed by atoms with van der Waals surface area (Å²) in [5.74, 6) is 1.29. The van der Waals surface area contributed by atoms with E-state index >= 15 is 0 Å². The Balaban J connectivity index is 2.51.